The number of hydrogen-bond acceptors (Lipinski definition) is 6. The second-order valence-electron chi connectivity index (χ2n) is 8.37. The van der Waals surface area contributed by atoms with Gasteiger partial charge in [0.25, 0.3) is 11.7 Å². The SMILES string of the molecule is COc1cccc([C@H](C)NC(=O)Nc2nc3nccc(-c4ccc(OCc5ccccc5)cc4)n3n2)c1. The van der Waals surface area contributed by atoms with Gasteiger partial charge in [-0.1, -0.05) is 42.5 Å². The average molecular weight is 495 g/mol. The lowest BCUT2D eigenvalue weighted by Gasteiger charge is -2.14. The molecule has 1 atom stereocenters. The van der Waals surface area contributed by atoms with Crippen LogP contribution in [0.5, 0.6) is 11.5 Å². The summed E-state index contributed by atoms with van der Waals surface area (Å²) in [5.74, 6) is 2.01. The van der Waals surface area contributed by atoms with E-state index in [1.807, 2.05) is 91.9 Å². The summed E-state index contributed by atoms with van der Waals surface area (Å²) in [7, 11) is 1.61. The molecule has 0 saturated carbocycles. The van der Waals surface area contributed by atoms with Crippen molar-refractivity contribution in [3.8, 4) is 22.8 Å². The molecule has 2 amide bonds. The topological polar surface area (TPSA) is 103 Å². The van der Waals surface area contributed by atoms with Gasteiger partial charge in [0.05, 0.1) is 18.8 Å². The summed E-state index contributed by atoms with van der Waals surface area (Å²) in [6.07, 6.45) is 1.66. The lowest BCUT2D eigenvalue weighted by atomic mass is 10.1. The highest BCUT2D eigenvalue weighted by Crippen LogP contribution is 2.24. The van der Waals surface area contributed by atoms with E-state index >= 15 is 0 Å². The van der Waals surface area contributed by atoms with Crippen LogP contribution in [0, 0.1) is 0 Å². The Morgan fingerprint density at radius 3 is 2.57 bits per heavy atom. The molecule has 9 nitrogen and oxygen atoms in total. The van der Waals surface area contributed by atoms with E-state index in [4.69, 9.17) is 9.47 Å². The predicted octanol–water partition coefficient (Wildman–Crippen LogP) is 5.26. The van der Waals surface area contributed by atoms with Crippen LogP contribution in [-0.2, 0) is 6.61 Å². The lowest BCUT2D eigenvalue weighted by molar-refractivity contribution is 0.249. The fourth-order valence-corrected chi connectivity index (χ4v) is 3.86. The van der Waals surface area contributed by atoms with E-state index in [1.165, 1.54) is 0 Å². The van der Waals surface area contributed by atoms with Gasteiger partial charge in [-0.05, 0) is 60.5 Å². The maximum absolute atomic E-state index is 12.6. The van der Waals surface area contributed by atoms with Gasteiger partial charge in [-0.25, -0.2) is 9.78 Å². The number of carbonyl (C=O) groups excluding carboxylic acids is 1. The van der Waals surface area contributed by atoms with E-state index in [2.05, 4.69) is 25.7 Å². The van der Waals surface area contributed by atoms with Gasteiger partial charge >= 0.3 is 6.03 Å². The zero-order valence-electron chi connectivity index (χ0n) is 20.5. The van der Waals surface area contributed by atoms with E-state index in [1.54, 1.807) is 17.8 Å². The molecule has 0 fully saturated rings. The van der Waals surface area contributed by atoms with Gasteiger partial charge in [-0.15, -0.1) is 5.10 Å². The Morgan fingerprint density at radius 2 is 1.78 bits per heavy atom. The van der Waals surface area contributed by atoms with Crippen LogP contribution in [-0.4, -0.2) is 32.7 Å². The average Bonchev–Trinajstić information content (AvgIpc) is 3.35. The summed E-state index contributed by atoms with van der Waals surface area (Å²) in [6.45, 7) is 2.38. The Kier molecular flexibility index (Phi) is 6.93. The number of benzene rings is 3. The molecule has 5 rings (SSSR count). The quantitative estimate of drug-likeness (QED) is 0.305. The summed E-state index contributed by atoms with van der Waals surface area (Å²) in [5, 5.41) is 10.0. The Labute approximate surface area is 214 Å². The van der Waals surface area contributed by atoms with Gasteiger partial charge in [0.2, 0.25) is 0 Å². The standard InChI is InChI=1S/C28H26N6O3/c1-19(22-9-6-10-24(17-22)36-2)30-28(35)32-26-31-27-29-16-15-25(34(27)33-26)21-11-13-23(14-12-21)37-18-20-7-4-3-5-8-20/h3-17,19H,18H2,1-2H3,(H2,30,32,33,35)/t19-/m0/s1. The Balaban J connectivity index is 1.27. The van der Waals surface area contributed by atoms with E-state index in [0.717, 1.165) is 33.9 Å². The fourth-order valence-electron chi connectivity index (χ4n) is 3.86. The first-order chi connectivity index (χ1) is 18.1. The van der Waals surface area contributed by atoms with Crippen molar-refractivity contribution >= 4 is 17.8 Å². The molecule has 0 bridgehead atoms. The molecule has 0 unspecified atom stereocenters. The van der Waals surface area contributed by atoms with Crippen LogP contribution >= 0.6 is 0 Å². The smallest absolute Gasteiger partial charge is 0.322 e. The zero-order valence-corrected chi connectivity index (χ0v) is 20.5. The highest BCUT2D eigenvalue weighted by Gasteiger charge is 2.15. The Morgan fingerprint density at radius 1 is 0.973 bits per heavy atom. The maximum Gasteiger partial charge on any atom is 0.322 e. The second-order valence-corrected chi connectivity index (χ2v) is 8.37. The van der Waals surface area contributed by atoms with Gasteiger partial charge in [-0.3, -0.25) is 5.32 Å². The van der Waals surface area contributed by atoms with Crippen LogP contribution in [0.3, 0.4) is 0 Å². The molecule has 3 aromatic carbocycles. The van der Waals surface area contributed by atoms with E-state index in [9.17, 15) is 4.79 Å². The number of anilines is 1. The maximum atomic E-state index is 12.6. The summed E-state index contributed by atoms with van der Waals surface area (Å²) in [4.78, 5) is 21.2. The third-order valence-corrected chi connectivity index (χ3v) is 5.81. The van der Waals surface area contributed by atoms with Crippen molar-refractivity contribution in [3.05, 3.63) is 102 Å². The number of urea groups is 1. The van der Waals surface area contributed by atoms with Crippen molar-refractivity contribution in [2.45, 2.75) is 19.6 Å². The van der Waals surface area contributed by atoms with Crippen molar-refractivity contribution < 1.29 is 14.3 Å². The van der Waals surface area contributed by atoms with Crippen LogP contribution in [0.4, 0.5) is 10.7 Å². The minimum Gasteiger partial charge on any atom is -0.497 e. The normalized spacial score (nSPS) is 11.6. The summed E-state index contributed by atoms with van der Waals surface area (Å²) in [6, 6.07) is 26.4. The molecule has 0 spiro atoms. The molecular formula is C28H26N6O3. The minimum atomic E-state index is -0.423. The first-order valence-corrected chi connectivity index (χ1v) is 11.8. The monoisotopic (exact) mass is 494 g/mol. The number of methoxy groups -OCH3 is 1. The molecule has 2 heterocycles. The van der Waals surface area contributed by atoms with Crippen LogP contribution in [0.25, 0.3) is 17.0 Å². The Hall–Kier alpha value is -4.92. The third kappa shape index (κ3) is 5.67. The first-order valence-electron chi connectivity index (χ1n) is 11.8. The molecule has 2 aromatic heterocycles. The number of ether oxygens (including phenoxy) is 2. The molecule has 186 valence electrons. The minimum absolute atomic E-state index is 0.151. The van der Waals surface area contributed by atoms with Crippen molar-refractivity contribution in [1.82, 2.24) is 24.9 Å². The molecule has 2 N–H and O–H groups in total. The zero-order chi connectivity index (χ0) is 25.6. The van der Waals surface area contributed by atoms with Crippen LogP contribution in [0.15, 0.2) is 91.1 Å². The van der Waals surface area contributed by atoms with Crippen LogP contribution in [0.1, 0.15) is 24.1 Å². The van der Waals surface area contributed by atoms with Crippen LogP contribution < -0.4 is 20.1 Å². The van der Waals surface area contributed by atoms with E-state index in [0.29, 0.717) is 12.4 Å². The number of carbonyl (C=O) groups is 1. The first kappa shape index (κ1) is 23.8. The predicted molar refractivity (Wildman–Crippen MR) is 141 cm³/mol. The molecule has 0 radical (unpaired) electrons. The van der Waals surface area contributed by atoms with Crippen molar-refractivity contribution in [2.24, 2.45) is 0 Å². The number of rotatable bonds is 8. The second kappa shape index (κ2) is 10.8. The molecular weight excluding hydrogens is 468 g/mol. The molecule has 0 aliphatic carbocycles. The third-order valence-electron chi connectivity index (χ3n) is 5.81. The van der Waals surface area contributed by atoms with Gasteiger partial charge < -0.3 is 14.8 Å². The number of nitrogens with one attached hydrogen (secondary N) is 2. The molecule has 5 aromatic rings. The molecule has 9 heteroatoms. The number of aromatic nitrogens is 4. The van der Waals surface area contributed by atoms with Crippen molar-refractivity contribution in [1.29, 1.82) is 0 Å². The molecule has 0 saturated heterocycles. The van der Waals surface area contributed by atoms with E-state index in [-0.39, 0.29) is 12.0 Å². The molecule has 0 aliphatic rings. The van der Waals surface area contributed by atoms with E-state index < -0.39 is 6.03 Å². The number of fused-ring (bicyclic) bond motifs is 1. The lowest BCUT2D eigenvalue weighted by Crippen LogP contribution is -2.31. The summed E-state index contributed by atoms with van der Waals surface area (Å²) in [5.41, 5.74) is 3.71. The molecule has 37 heavy (non-hydrogen) atoms. The van der Waals surface area contributed by atoms with Crippen molar-refractivity contribution in [3.63, 3.8) is 0 Å². The van der Waals surface area contributed by atoms with Gasteiger partial charge in [0.15, 0.2) is 0 Å². The summed E-state index contributed by atoms with van der Waals surface area (Å²) >= 11 is 0. The van der Waals surface area contributed by atoms with Gasteiger partial charge in [0, 0.05) is 11.8 Å². The number of hydrogen-bond donors (Lipinski definition) is 2. The van der Waals surface area contributed by atoms with Crippen LogP contribution in [0.2, 0.25) is 0 Å². The Bertz CT molecular complexity index is 1500. The number of amides is 2. The fraction of sp³-hybridized carbons (Fsp3) is 0.143. The number of nitrogens with zero attached hydrogens (tertiary/aromatic N) is 4. The summed E-state index contributed by atoms with van der Waals surface area (Å²) < 4.78 is 12.7. The van der Waals surface area contributed by atoms with Crippen molar-refractivity contribution in [2.75, 3.05) is 12.4 Å². The molecule has 0 aliphatic heterocycles. The van der Waals surface area contributed by atoms with Gasteiger partial charge in [0.1, 0.15) is 18.1 Å². The highest BCUT2D eigenvalue weighted by atomic mass is 16.5. The van der Waals surface area contributed by atoms with Gasteiger partial charge in [-0.2, -0.15) is 9.50 Å². The highest BCUT2D eigenvalue weighted by molar-refractivity contribution is 5.87. The largest absolute Gasteiger partial charge is 0.497 e.